The quantitative estimate of drug-likeness (QED) is 0.780. The van der Waals surface area contributed by atoms with Crippen molar-refractivity contribution in [1.82, 2.24) is 10.2 Å². The minimum absolute atomic E-state index is 0.118. The third-order valence-corrected chi connectivity index (χ3v) is 5.96. The van der Waals surface area contributed by atoms with Gasteiger partial charge in [0.25, 0.3) is 0 Å². The average Bonchev–Trinajstić information content (AvgIpc) is 3.11. The number of rotatable bonds is 6. The summed E-state index contributed by atoms with van der Waals surface area (Å²) >= 11 is 0. The molecule has 2 N–H and O–H groups in total. The van der Waals surface area contributed by atoms with Crippen LogP contribution in [-0.4, -0.2) is 48.2 Å². The molecule has 0 bridgehead atoms. The summed E-state index contributed by atoms with van der Waals surface area (Å²) in [6.45, 7) is 5.79. The zero-order valence-electron chi connectivity index (χ0n) is 15.5. The van der Waals surface area contributed by atoms with Gasteiger partial charge in [-0.25, -0.2) is 0 Å². The summed E-state index contributed by atoms with van der Waals surface area (Å²) in [5.41, 5.74) is 2.10. The Labute approximate surface area is 151 Å². The molecule has 2 fully saturated rings. The van der Waals surface area contributed by atoms with Gasteiger partial charge in [-0.1, -0.05) is 42.7 Å². The molecule has 1 saturated heterocycles. The van der Waals surface area contributed by atoms with Crippen LogP contribution in [0.15, 0.2) is 24.3 Å². The zero-order valence-corrected chi connectivity index (χ0v) is 15.5. The fourth-order valence-electron chi connectivity index (χ4n) is 4.38. The highest BCUT2D eigenvalue weighted by molar-refractivity contribution is 5.88. The highest BCUT2D eigenvalue weighted by atomic mass is 16.3. The first-order chi connectivity index (χ1) is 12.1. The Morgan fingerprint density at radius 2 is 2.00 bits per heavy atom. The van der Waals surface area contributed by atoms with E-state index < -0.39 is 0 Å². The molecule has 2 aliphatic rings. The summed E-state index contributed by atoms with van der Waals surface area (Å²) in [7, 11) is 0. The van der Waals surface area contributed by atoms with Gasteiger partial charge in [-0.3, -0.25) is 4.79 Å². The molecule has 1 aromatic carbocycles. The van der Waals surface area contributed by atoms with Gasteiger partial charge in [0.2, 0.25) is 5.91 Å². The van der Waals surface area contributed by atoms with E-state index in [4.69, 9.17) is 0 Å². The van der Waals surface area contributed by atoms with E-state index in [1.165, 1.54) is 11.1 Å². The maximum absolute atomic E-state index is 13.0. The van der Waals surface area contributed by atoms with Crippen LogP contribution >= 0.6 is 0 Å². The second-order valence-electron chi connectivity index (χ2n) is 7.84. The minimum atomic E-state index is -0.318. The lowest BCUT2D eigenvalue weighted by atomic mass is 9.77. The molecule has 1 aliphatic heterocycles. The van der Waals surface area contributed by atoms with Crippen LogP contribution in [0.25, 0.3) is 0 Å². The van der Waals surface area contributed by atoms with E-state index in [9.17, 15) is 9.90 Å². The monoisotopic (exact) mass is 344 g/mol. The fourth-order valence-corrected chi connectivity index (χ4v) is 4.38. The topological polar surface area (TPSA) is 52.6 Å². The second-order valence-corrected chi connectivity index (χ2v) is 7.84. The summed E-state index contributed by atoms with van der Waals surface area (Å²) in [6, 6.07) is 8.48. The Kier molecular flexibility index (Phi) is 6.13. The van der Waals surface area contributed by atoms with E-state index in [0.717, 1.165) is 71.1 Å². The summed E-state index contributed by atoms with van der Waals surface area (Å²) < 4.78 is 0. The van der Waals surface area contributed by atoms with Gasteiger partial charge in [-0.2, -0.15) is 0 Å². The molecule has 4 nitrogen and oxygen atoms in total. The van der Waals surface area contributed by atoms with Crippen LogP contribution in [0, 0.1) is 6.92 Å². The van der Waals surface area contributed by atoms with Crippen LogP contribution in [0.1, 0.15) is 56.1 Å². The molecule has 0 atom stereocenters. The number of aliphatic hydroxyl groups excluding tert-OH is 1. The molecule has 1 amide bonds. The van der Waals surface area contributed by atoms with Gasteiger partial charge in [0.15, 0.2) is 0 Å². The molecular weight excluding hydrogens is 312 g/mol. The van der Waals surface area contributed by atoms with Crippen LogP contribution in [0.4, 0.5) is 0 Å². The highest BCUT2D eigenvalue weighted by Gasteiger charge is 2.42. The van der Waals surface area contributed by atoms with E-state index in [0.29, 0.717) is 0 Å². The smallest absolute Gasteiger partial charge is 0.230 e. The van der Waals surface area contributed by atoms with Crippen LogP contribution in [0.5, 0.6) is 0 Å². The van der Waals surface area contributed by atoms with Gasteiger partial charge >= 0.3 is 0 Å². The molecule has 1 heterocycles. The lowest BCUT2D eigenvalue weighted by Crippen LogP contribution is -2.44. The fraction of sp³-hybridized carbons (Fsp3) is 0.667. The molecule has 138 valence electrons. The maximum atomic E-state index is 13.0. The predicted octanol–water partition coefficient (Wildman–Crippen LogP) is 2.77. The van der Waals surface area contributed by atoms with Gasteiger partial charge in [0, 0.05) is 19.6 Å². The minimum Gasteiger partial charge on any atom is -0.393 e. The lowest BCUT2D eigenvalue weighted by molar-refractivity contribution is -0.126. The van der Waals surface area contributed by atoms with Crippen molar-refractivity contribution in [3.63, 3.8) is 0 Å². The van der Waals surface area contributed by atoms with Crippen molar-refractivity contribution in [2.45, 2.75) is 63.4 Å². The summed E-state index contributed by atoms with van der Waals surface area (Å²) in [5, 5.41) is 12.8. The molecule has 0 spiro atoms. The third-order valence-electron chi connectivity index (χ3n) is 5.96. The molecule has 1 aliphatic carbocycles. The van der Waals surface area contributed by atoms with Gasteiger partial charge in [-0.15, -0.1) is 0 Å². The number of carbonyl (C=O) groups is 1. The summed E-state index contributed by atoms with van der Waals surface area (Å²) in [5.74, 6) is 0.213. The van der Waals surface area contributed by atoms with Crippen molar-refractivity contribution in [3.8, 4) is 0 Å². The molecule has 0 radical (unpaired) electrons. The standard InChI is InChI=1S/C21H32N2O2/c1-17-6-4-7-18(16-17)21(10-2-3-11-21)20(25)22-12-5-13-23-14-8-19(24)9-15-23/h4,6-7,16,19,24H,2-3,5,8-15H2,1H3,(H,22,25). The van der Waals surface area contributed by atoms with Crippen molar-refractivity contribution in [2.75, 3.05) is 26.2 Å². The van der Waals surface area contributed by atoms with Gasteiger partial charge in [-0.05, 0) is 51.1 Å². The predicted molar refractivity (Wildman–Crippen MR) is 101 cm³/mol. The van der Waals surface area contributed by atoms with Crippen molar-refractivity contribution in [3.05, 3.63) is 35.4 Å². The van der Waals surface area contributed by atoms with Crippen molar-refractivity contribution < 1.29 is 9.90 Å². The molecule has 4 heteroatoms. The lowest BCUT2D eigenvalue weighted by Gasteiger charge is -2.30. The highest BCUT2D eigenvalue weighted by Crippen LogP contribution is 2.41. The zero-order chi connectivity index (χ0) is 17.7. The average molecular weight is 344 g/mol. The number of benzene rings is 1. The molecule has 0 unspecified atom stereocenters. The van der Waals surface area contributed by atoms with Crippen LogP contribution in [-0.2, 0) is 10.2 Å². The van der Waals surface area contributed by atoms with Crippen LogP contribution < -0.4 is 5.32 Å². The van der Waals surface area contributed by atoms with E-state index >= 15 is 0 Å². The van der Waals surface area contributed by atoms with E-state index in [2.05, 4.69) is 41.4 Å². The number of amides is 1. The molecule has 1 saturated carbocycles. The summed E-state index contributed by atoms with van der Waals surface area (Å²) in [4.78, 5) is 15.4. The molecular formula is C21H32N2O2. The molecule has 1 aromatic rings. The number of hydrogen-bond donors (Lipinski definition) is 2. The molecule has 3 rings (SSSR count). The Hall–Kier alpha value is -1.39. The SMILES string of the molecule is Cc1cccc(C2(C(=O)NCCCN3CCC(O)CC3)CCCC2)c1. The first kappa shape index (κ1) is 18.4. The Bertz CT molecular complexity index is 573. The largest absolute Gasteiger partial charge is 0.393 e. The van der Waals surface area contributed by atoms with Crippen molar-refractivity contribution in [1.29, 1.82) is 0 Å². The normalized spacial score (nSPS) is 21.4. The van der Waals surface area contributed by atoms with Crippen molar-refractivity contribution >= 4 is 5.91 Å². The Morgan fingerprint density at radius 3 is 2.68 bits per heavy atom. The molecule has 25 heavy (non-hydrogen) atoms. The van der Waals surface area contributed by atoms with E-state index in [-0.39, 0.29) is 17.4 Å². The Balaban J connectivity index is 1.52. The van der Waals surface area contributed by atoms with E-state index in [1.54, 1.807) is 0 Å². The number of nitrogens with zero attached hydrogens (tertiary/aromatic N) is 1. The Morgan fingerprint density at radius 1 is 1.28 bits per heavy atom. The number of nitrogens with one attached hydrogen (secondary N) is 1. The number of piperidine rings is 1. The number of carbonyl (C=O) groups excluding carboxylic acids is 1. The number of likely N-dealkylation sites (tertiary alicyclic amines) is 1. The van der Waals surface area contributed by atoms with Crippen LogP contribution in [0.2, 0.25) is 0 Å². The first-order valence-electron chi connectivity index (χ1n) is 9.86. The number of aliphatic hydroxyl groups is 1. The van der Waals surface area contributed by atoms with Gasteiger partial charge < -0.3 is 15.3 Å². The summed E-state index contributed by atoms with van der Waals surface area (Å²) in [6.07, 6.45) is 6.82. The molecule has 0 aromatic heterocycles. The maximum Gasteiger partial charge on any atom is 0.230 e. The van der Waals surface area contributed by atoms with Gasteiger partial charge in [0.05, 0.1) is 11.5 Å². The third kappa shape index (κ3) is 4.42. The van der Waals surface area contributed by atoms with Crippen LogP contribution in [0.3, 0.4) is 0 Å². The number of hydrogen-bond acceptors (Lipinski definition) is 3. The first-order valence-corrected chi connectivity index (χ1v) is 9.86. The van der Waals surface area contributed by atoms with Crippen molar-refractivity contribution in [2.24, 2.45) is 0 Å². The van der Waals surface area contributed by atoms with E-state index in [1.807, 2.05) is 0 Å². The second kappa shape index (κ2) is 8.33. The van der Waals surface area contributed by atoms with Gasteiger partial charge in [0.1, 0.15) is 0 Å². The number of aryl methyl sites for hydroxylation is 1.